The van der Waals surface area contributed by atoms with Crippen LogP contribution in [0.2, 0.25) is 0 Å². The number of rotatable bonds is 6. The van der Waals surface area contributed by atoms with Crippen molar-refractivity contribution in [1.82, 2.24) is 0 Å². The summed E-state index contributed by atoms with van der Waals surface area (Å²) >= 11 is 0. The zero-order chi connectivity index (χ0) is 18.8. The number of para-hydroxylation sites is 1. The summed E-state index contributed by atoms with van der Waals surface area (Å²) in [6.07, 6.45) is 0.510. The van der Waals surface area contributed by atoms with Gasteiger partial charge in [-0.05, 0) is 31.2 Å². The Balaban J connectivity index is 1.69. The first-order valence-corrected chi connectivity index (χ1v) is 8.92. The minimum Gasteiger partial charge on any atom is -0.457 e. The van der Waals surface area contributed by atoms with Crippen molar-refractivity contribution >= 4 is 11.6 Å². The van der Waals surface area contributed by atoms with Gasteiger partial charge in [0.25, 0.3) is 0 Å². The van der Waals surface area contributed by atoms with E-state index in [9.17, 15) is 4.79 Å². The fourth-order valence-corrected chi connectivity index (χ4v) is 3.33. The first-order valence-electron chi connectivity index (χ1n) is 8.92. The van der Waals surface area contributed by atoms with Crippen LogP contribution >= 0.6 is 0 Å². The number of benzene rings is 2. The number of hydrogen-bond acceptors (Lipinski definition) is 4. The molecule has 1 amide bonds. The molecule has 0 spiro atoms. The third-order valence-electron chi connectivity index (χ3n) is 5.31. The van der Waals surface area contributed by atoms with Crippen LogP contribution in [0.5, 0.6) is 11.5 Å². The van der Waals surface area contributed by atoms with Crippen molar-refractivity contribution in [3.63, 3.8) is 0 Å². The van der Waals surface area contributed by atoms with Gasteiger partial charge < -0.3 is 20.5 Å². The number of carbonyl (C=O) groups excluding carboxylic acids is 1. The number of nitrogens with one attached hydrogen (secondary N) is 1. The van der Waals surface area contributed by atoms with E-state index in [1.807, 2.05) is 69.3 Å². The average Bonchev–Trinajstić information content (AvgIpc) is 2.62. The summed E-state index contributed by atoms with van der Waals surface area (Å²) < 4.78 is 11.5. The van der Waals surface area contributed by atoms with Crippen molar-refractivity contribution in [2.24, 2.45) is 11.1 Å². The van der Waals surface area contributed by atoms with Gasteiger partial charge in [-0.2, -0.15) is 0 Å². The number of ether oxygens (including phenoxy) is 2. The fourth-order valence-electron chi connectivity index (χ4n) is 3.33. The summed E-state index contributed by atoms with van der Waals surface area (Å²) in [5, 5.41) is 2.93. The van der Waals surface area contributed by atoms with Gasteiger partial charge in [0.05, 0.1) is 6.10 Å². The molecule has 1 fully saturated rings. The molecule has 0 bridgehead atoms. The van der Waals surface area contributed by atoms with E-state index in [4.69, 9.17) is 15.2 Å². The molecule has 138 valence electrons. The van der Waals surface area contributed by atoms with Gasteiger partial charge in [-0.3, -0.25) is 4.79 Å². The lowest BCUT2D eigenvalue weighted by molar-refractivity contribution is -0.166. The number of hydrogen-bond donors (Lipinski definition) is 2. The second kappa shape index (κ2) is 7.09. The third-order valence-corrected chi connectivity index (χ3v) is 5.31. The van der Waals surface area contributed by atoms with E-state index in [1.54, 1.807) is 6.07 Å². The van der Waals surface area contributed by atoms with Crippen molar-refractivity contribution in [3.8, 4) is 11.5 Å². The maximum absolute atomic E-state index is 12.8. The Morgan fingerprint density at radius 3 is 2.50 bits per heavy atom. The maximum atomic E-state index is 12.8. The Morgan fingerprint density at radius 1 is 1.15 bits per heavy atom. The smallest absolute Gasteiger partial charge is 0.245 e. The molecule has 0 aliphatic heterocycles. The minimum absolute atomic E-state index is 0.00371. The highest BCUT2D eigenvalue weighted by Crippen LogP contribution is 2.50. The first kappa shape index (κ1) is 18.4. The molecular formula is C21H26N2O3. The van der Waals surface area contributed by atoms with Gasteiger partial charge in [0.2, 0.25) is 5.91 Å². The highest BCUT2D eigenvalue weighted by molar-refractivity contribution is 5.99. The Hall–Kier alpha value is -2.37. The summed E-state index contributed by atoms with van der Waals surface area (Å²) in [6.45, 7) is 6.52. The number of nitrogens with two attached hydrogens (primary N) is 1. The molecule has 0 aromatic heterocycles. The van der Waals surface area contributed by atoms with Crippen LogP contribution in [0, 0.1) is 5.41 Å². The van der Waals surface area contributed by atoms with Gasteiger partial charge in [0.15, 0.2) is 0 Å². The zero-order valence-corrected chi connectivity index (χ0v) is 15.5. The largest absolute Gasteiger partial charge is 0.457 e. The van der Waals surface area contributed by atoms with Crippen LogP contribution in [0.1, 0.15) is 27.2 Å². The van der Waals surface area contributed by atoms with Crippen molar-refractivity contribution in [2.45, 2.75) is 38.8 Å². The van der Waals surface area contributed by atoms with Gasteiger partial charge in [0, 0.05) is 30.2 Å². The van der Waals surface area contributed by atoms with E-state index in [1.165, 1.54) is 0 Å². The minimum atomic E-state index is -0.955. The molecule has 1 saturated carbocycles. The third kappa shape index (κ3) is 3.32. The molecule has 3 rings (SSSR count). The van der Waals surface area contributed by atoms with Crippen LogP contribution in [0.4, 0.5) is 5.69 Å². The molecule has 0 heterocycles. The quantitative estimate of drug-likeness (QED) is 0.824. The average molecular weight is 354 g/mol. The van der Waals surface area contributed by atoms with Crippen LogP contribution in [0.3, 0.4) is 0 Å². The van der Waals surface area contributed by atoms with E-state index in [0.29, 0.717) is 24.5 Å². The van der Waals surface area contributed by atoms with Crippen molar-refractivity contribution in [3.05, 3.63) is 54.6 Å². The SMILES string of the molecule is CCOC1CC(N)(C(=O)Nc2cccc(Oc3ccccc3)c2)C1(C)C. The summed E-state index contributed by atoms with van der Waals surface area (Å²) in [6, 6.07) is 16.8. The highest BCUT2D eigenvalue weighted by Gasteiger charge is 2.62. The second-order valence-electron chi connectivity index (χ2n) is 7.24. The summed E-state index contributed by atoms with van der Waals surface area (Å²) in [5.41, 5.74) is 5.71. The van der Waals surface area contributed by atoms with Gasteiger partial charge in [-0.25, -0.2) is 0 Å². The monoisotopic (exact) mass is 354 g/mol. The lowest BCUT2D eigenvalue weighted by Crippen LogP contribution is -2.74. The van der Waals surface area contributed by atoms with Crippen molar-refractivity contribution in [2.75, 3.05) is 11.9 Å². The van der Waals surface area contributed by atoms with E-state index in [2.05, 4.69) is 5.32 Å². The fraction of sp³-hybridized carbons (Fsp3) is 0.381. The van der Waals surface area contributed by atoms with Gasteiger partial charge >= 0.3 is 0 Å². The molecule has 5 nitrogen and oxygen atoms in total. The topological polar surface area (TPSA) is 73.6 Å². The molecule has 3 N–H and O–H groups in total. The molecule has 2 aromatic carbocycles. The first-order chi connectivity index (χ1) is 12.4. The van der Waals surface area contributed by atoms with Crippen LogP contribution in [-0.4, -0.2) is 24.2 Å². The van der Waals surface area contributed by atoms with Gasteiger partial charge in [0.1, 0.15) is 17.0 Å². The second-order valence-corrected chi connectivity index (χ2v) is 7.24. The molecular weight excluding hydrogens is 328 g/mol. The van der Waals surface area contributed by atoms with Gasteiger partial charge in [-0.1, -0.05) is 38.1 Å². The molecule has 1 aliphatic rings. The van der Waals surface area contributed by atoms with Crippen LogP contribution in [-0.2, 0) is 9.53 Å². The van der Waals surface area contributed by atoms with Gasteiger partial charge in [-0.15, -0.1) is 0 Å². The molecule has 1 aliphatic carbocycles. The summed E-state index contributed by atoms with van der Waals surface area (Å²) in [5.74, 6) is 1.20. The lowest BCUT2D eigenvalue weighted by atomic mass is 9.54. The van der Waals surface area contributed by atoms with Crippen molar-refractivity contribution < 1.29 is 14.3 Å². The molecule has 5 heteroatoms. The Labute approximate surface area is 154 Å². The van der Waals surface area contributed by atoms with E-state index in [0.717, 1.165) is 5.75 Å². The van der Waals surface area contributed by atoms with E-state index >= 15 is 0 Å². The number of carbonyl (C=O) groups is 1. The molecule has 2 atom stereocenters. The highest BCUT2D eigenvalue weighted by atomic mass is 16.5. The summed E-state index contributed by atoms with van der Waals surface area (Å²) in [7, 11) is 0. The molecule has 2 unspecified atom stereocenters. The molecule has 2 aromatic rings. The Kier molecular flexibility index (Phi) is 5.03. The molecule has 0 radical (unpaired) electrons. The normalized spacial score (nSPS) is 23.8. The standard InChI is InChI=1S/C21H26N2O3/c1-4-25-18-14-21(22,20(18,2)3)19(24)23-15-9-8-12-17(13-15)26-16-10-6-5-7-11-16/h5-13,18H,4,14,22H2,1-3H3,(H,23,24). The summed E-state index contributed by atoms with van der Waals surface area (Å²) in [4.78, 5) is 12.8. The van der Waals surface area contributed by atoms with Crippen molar-refractivity contribution in [1.29, 1.82) is 0 Å². The zero-order valence-electron chi connectivity index (χ0n) is 15.5. The Morgan fingerprint density at radius 2 is 1.85 bits per heavy atom. The van der Waals surface area contributed by atoms with Crippen LogP contribution in [0.15, 0.2) is 54.6 Å². The maximum Gasteiger partial charge on any atom is 0.245 e. The van der Waals surface area contributed by atoms with Crippen LogP contribution < -0.4 is 15.8 Å². The number of amides is 1. The molecule has 26 heavy (non-hydrogen) atoms. The number of anilines is 1. The van der Waals surface area contributed by atoms with E-state index in [-0.39, 0.29) is 12.0 Å². The Bertz CT molecular complexity index is 776. The lowest BCUT2D eigenvalue weighted by Gasteiger charge is -2.57. The molecule has 0 saturated heterocycles. The van der Waals surface area contributed by atoms with Crippen LogP contribution in [0.25, 0.3) is 0 Å². The van der Waals surface area contributed by atoms with E-state index < -0.39 is 11.0 Å². The predicted molar refractivity (Wildman–Crippen MR) is 102 cm³/mol. The predicted octanol–water partition coefficient (Wildman–Crippen LogP) is 3.95.